The van der Waals surface area contributed by atoms with Gasteiger partial charge in [0.1, 0.15) is 5.82 Å². The van der Waals surface area contributed by atoms with Crippen LogP contribution in [-0.2, 0) is 19.6 Å². The Morgan fingerprint density at radius 2 is 2.00 bits per heavy atom. The van der Waals surface area contributed by atoms with E-state index in [1.54, 1.807) is 0 Å². The lowest BCUT2D eigenvalue weighted by atomic mass is 10.2. The molecule has 0 aliphatic rings. The molecule has 1 rings (SSSR count). The number of aliphatic carboxylic acids is 1. The zero-order valence-corrected chi connectivity index (χ0v) is 12.2. The van der Waals surface area contributed by atoms with Crippen LogP contribution in [-0.4, -0.2) is 50.5 Å². The highest BCUT2D eigenvalue weighted by molar-refractivity contribution is 7.89. The van der Waals surface area contributed by atoms with Crippen LogP contribution in [0.1, 0.15) is 16.8 Å². The van der Waals surface area contributed by atoms with Gasteiger partial charge in [-0.2, -0.15) is 0 Å². The molecule has 0 saturated heterocycles. The third-order valence-corrected chi connectivity index (χ3v) is 4.59. The van der Waals surface area contributed by atoms with Gasteiger partial charge in [0.25, 0.3) is 0 Å². The highest BCUT2D eigenvalue weighted by Crippen LogP contribution is 2.21. The monoisotopic (exact) mass is 319 g/mol. The number of carboxylic acids is 1. The molecule has 116 valence electrons. The molecule has 1 aromatic rings. The van der Waals surface area contributed by atoms with E-state index in [0.717, 1.165) is 29.6 Å². The fourth-order valence-electron chi connectivity index (χ4n) is 1.54. The van der Waals surface area contributed by atoms with E-state index in [1.807, 2.05) is 0 Å². The lowest BCUT2D eigenvalue weighted by molar-refractivity contribution is -0.137. The number of ether oxygens (including phenoxy) is 1. The third kappa shape index (κ3) is 3.99. The fourth-order valence-corrected chi connectivity index (χ4v) is 2.87. The van der Waals surface area contributed by atoms with Crippen LogP contribution in [0.25, 0.3) is 0 Å². The first-order valence-electron chi connectivity index (χ1n) is 5.76. The van der Waals surface area contributed by atoms with Crippen molar-refractivity contribution in [3.63, 3.8) is 0 Å². The maximum Gasteiger partial charge on any atom is 0.339 e. The summed E-state index contributed by atoms with van der Waals surface area (Å²) in [4.78, 5) is 21.6. The number of benzene rings is 1. The van der Waals surface area contributed by atoms with Gasteiger partial charge in [-0.25, -0.2) is 21.9 Å². The highest BCUT2D eigenvalue weighted by Gasteiger charge is 2.27. The first-order valence-corrected chi connectivity index (χ1v) is 7.20. The summed E-state index contributed by atoms with van der Waals surface area (Å²) in [7, 11) is -1.93. The summed E-state index contributed by atoms with van der Waals surface area (Å²) in [6.07, 6.45) is -0.398. The molecule has 9 heteroatoms. The number of carbonyl (C=O) groups excluding carboxylic acids is 1. The van der Waals surface area contributed by atoms with Crippen molar-refractivity contribution >= 4 is 22.0 Å². The van der Waals surface area contributed by atoms with Gasteiger partial charge in [0.05, 0.1) is 24.0 Å². The fraction of sp³-hybridized carbons (Fsp3) is 0.333. The second-order valence-electron chi connectivity index (χ2n) is 4.10. The number of methoxy groups -OCH3 is 1. The van der Waals surface area contributed by atoms with Crippen molar-refractivity contribution in [2.24, 2.45) is 0 Å². The van der Waals surface area contributed by atoms with Gasteiger partial charge in [-0.15, -0.1) is 0 Å². The zero-order valence-electron chi connectivity index (χ0n) is 11.4. The molecule has 1 aromatic carbocycles. The summed E-state index contributed by atoms with van der Waals surface area (Å²) in [5, 5.41) is 8.57. The van der Waals surface area contributed by atoms with Crippen LogP contribution < -0.4 is 0 Å². The Bertz CT molecular complexity index is 658. The first kappa shape index (κ1) is 17.1. The molecule has 0 aliphatic carbocycles. The first-order chi connectivity index (χ1) is 9.70. The van der Waals surface area contributed by atoms with E-state index in [4.69, 9.17) is 5.11 Å². The number of hydrogen-bond donors (Lipinski definition) is 1. The minimum Gasteiger partial charge on any atom is -0.481 e. The van der Waals surface area contributed by atoms with E-state index in [2.05, 4.69) is 4.74 Å². The Morgan fingerprint density at radius 1 is 1.38 bits per heavy atom. The Balaban J connectivity index is 3.25. The molecule has 0 heterocycles. The summed E-state index contributed by atoms with van der Waals surface area (Å²) < 4.78 is 43.0. The minimum absolute atomic E-state index is 0.282. The quantitative estimate of drug-likeness (QED) is 0.775. The second kappa shape index (κ2) is 6.64. The van der Waals surface area contributed by atoms with E-state index in [0.29, 0.717) is 0 Å². The van der Waals surface area contributed by atoms with Gasteiger partial charge in [-0.1, -0.05) is 0 Å². The van der Waals surface area contributed by atoms with Crippen molar-refractivity contribution in [2.45, 2.75) is 11.3 Å². The Morgan fingerprint density at radius 3 is 2.52 bits per heavy atom. The van der Waals surface area contributed by atoms with Crippen LogP contribution in [0.5, 0.6) is 0 Å². The van der Waals surface area contributed by atoms with Gasteiger partial charge in [0.2, 0.25) is 10.0 Å². The molecule has 7 nitrogen and oxygen atoms in total. The minimum atomic E-state index is -4.13. The van der Waals surface area contributed by atoms with Crippen molar-refractivity contribution < 1.29 is 32.2 Å². The predicted octanol–water partition coefficient (Wildman–Crippen LogP) is 0.708. The van der Waals surface area contributed by atoms with Crippen LogP contribution >= 0.6 is 0 Å². The van der Waals surface area contributed by atoms with Crippen molar-refractivity contribution in [1.82, 2.24) is 4.31 Å². The molecule has 0 amide bonds. The average Bonchev–Trinajstić information content (AvgIpc) is 2.43. The smallest absolute Gasteiger partial charge is 0.339 e. The van der Waals surface area contributed by atoms with Crippen LogP contribution in [0.3, 0.4) is 0 Å². The number of hydrogen-bond acceptors (Lipinski definition) is 5. The molecular formula is C12H14FNO6S. The largest absolute Gasteiger partial charge is 0.481 e. The molecule has 21 heavy (non-hydrogen) atoms. The van der Waals surface area contributed by atoms with E-state index in [1.165, 1.54) is 7.05 Å². The van der Waals surface area contributed by atoms with Crippen LogP contribution in [0, 0.1) is 5.82 Å². The molecule has 0 bridgehead atoms. The van der Waals surface area contributed by atoms with Crippen molar-refractivity contribution in [1.29, 1.82) is 0 Å². The lowest BCUT2D eigenvalue weighted by Gasteiger charge is -2.18. The van der Waals surface area contributed by atoms with E-state index >= 15 is 0 Å². The predicted molar refractivity (Wildman–Crippen MR) is 69.8 cm³/mol. The van der Waals surface area contributed by atoms with Crippen molar-refractivity contribution in [3.8, 4) is 0 Å². The number of rotatable bonds is 6. The Hall–Kier alpha value is -2.00. The van der Waals surface area contributed by atoms with Crippen LogP contribution in [0.2, 0.25) is 0 Å². The summed E-state index contributed by atoms with van der Waals surface area (Å²) in [6, 6.07) is 2.59. The molecule has 0 saturated carbocycles. The van der Waals surface area contributed by atoms with Gasteiger partial charge < -0.3 is 9.84 Å². The maximum absolute atomic E-state index is 13.2. The third-order valence-electron chi connectivity index (χ3n) is 2.68. The normalized spacial score (nSPS) is 11.4. The molecule has 1 N–H and O–H groups in total. The molecule has 0 radical (unpaired) electrons. The molecular weight excluding hydrogens is 305 g/mol. The van der Waals surface area contributed by atoms with Crippen LogP contribution in [0.4, 0.5) is 4.39 Å². The Kier molecular flexibility index (Phi) is 5.39. The second-order valence-corrected chi connectivity index (χ2v) is 6.12. The molecule has 0 spiro atoms. The molecule has 0 fully saturated rings. The SMILES string of the molecule is COC(=O)c1cc(F)ccc1S(=O)(=O)N(C)CCC(=O)O. The molecule has 0 aliphatic heterocycles. The van der Waals surface area contributed by atoms with Gasteiger partial charge in [-0.05, 0) is 18.2 Å². The topological polar surface area (TPSA) is 101 Å². The number of esters is 1. The number of carbonyl (C=O) groups is 2. The van der Waals surface area contributed by atoms with Crippen LogP contribution in [0.15, 0.2) is 23.1 Å². The highest BCUT2D eigenvalue weighted by atomic mass is 32.2. The maximum atomic E-state index is 13.2. The van der Waals surface area contributed by atoms with Crippen molar-refractivity contribution in [2.75, 3.05) is 20.7 Å². The number of sulfonamides is 1. The summed E-state index contributed by atoms with van der Waals surface area (Å²) in [5.41, 5.74) is -0.445. The standard InChI is InChI=1S/C12H14FNO6S/c1-14(6-5-11(15)16)21(18,19)10-4-3-8(13)7-9(10)12(17)20-2/h3-4,7H,5-6H2,1-2H3,(H,15,16). The van der Waals surface area contributed by atoms with Gasteiger partial charge in [-0.3, -0.25) is 4.79 Å². The summed E-state index contributed by atoms with van der Waals surface area (Å²) in [5.74, 6) is -2.95. The average molecular weight is 319 g/mol. The zero-order chi connectivity index (χ0) is 16.2. The number of halogens is 1. The van der Waals surface area contributed by atoms with Gasteiger partial charge in [0.15, 0.2) is 0 Å². The summed E-state index contributed by atoms with van der Waals surface area (Å²) in [6.45, 7) is -0.282. The lowest BCUT2D eigenvalue weighted by Crippen LogP contribution is -2.30. The molecule has 0 atom stereocenters. The Labute approximate surface area is 121 Å². The number of carboxylic acid groups (broad SMARTS) is 1. The van der Waals surface area contributed by atoms with Gasteiger partial charge in [0, 0.05) is 13.6 Å². The van der Waals surface area contributed by atoms with E-state index in [-0.39, 0.29) is 6.54 Å². The summed E-state index contributed by atoms with van der Waals surface area (Å²) >= 11 is 0. The molecule has 0 aromatic heterocycles. The van der Waals surface area contributed by atoms with E-state index in [9.17, 15) is 22.4 Å². The number of nitrogens with zero attached hydrogens (tertiary/aromatic N) is 1. The van der Waals surface area contributed by atoms with Gasteiger partial charge >= 0.3 is 11.9 Å². The van der Waals surface area contributed by atoms with E-state index < -0.39 is 44.7 Å². The van der Waals surface area contributed by atoms with Crippen molar-refractivity contribution in [3.05, 3.63) is 29.6 Å². The molecule has 0 unspecified atom stereocenters.